The summed E-state index contributed by atoms with van der Waals surface area (Å²) >= 11 is 5.82. The van der Waals surface area contributed by atoms with Crippen LogP contribution in [0, 0.1) is 5.92 Å². The molecule has 0 atom stereocenters. The van der Waals surface area contributed by atoms with Crippen molar-refractivity contribution in [1.82, 2.24) is 0 Å². The van der Waals surface area contributed by atoms with Crippen LogP contribution in [-0.4, -0.2) is 25.6 Å². The molecule has 0 unspecified atom stereocenters. The average molecular weight is 359 g/mol. The van der Waals surface area contributed by atoms with Gasteiger partial charge in [0.25, 0.3) is 5.91 Å². The second-order valence-corrected chi connectivity index (χ2v) is 6.94. The predicted octanol–water partition coefficient (Wildman–Crippen LogP) is 4.59. The van der Waals surface area contributed by atoms with Crippen LogP contribution in [0.5, 0.6) is 5.75 Å². The first kappa shape index (κ1) is 17.6. The Kier molecular flexibility index (Phi) is 5.82. The number of nitrogens with one attached hydrogen (secondary N) is 1. The van der Waals surface area contributed by atoms with Crippen molar-refractivity contribution in [3.8, 4) is 5.75 Å². The molecule has 2 aromatic carbocycles. The number of hydrogen-bond acceptors (Lipinski definition) is 3. The number of anilines is 2. The van der Waals surface area contributed by atoms with E-state index < -0.39 is 0 Å². The van der Waals surface area contributed by atoms with Crippen LogP contribution in [0.15, 0.2) is 48.5 Å². The Morgan fingerprint density at radius 2 is 1.76 bits per heavy atom. The Morgan fingerprint density at radius 1 is 1.12 bits per heavy atom. The van der Waals surface area contributed by atoms with Crippen molar-refractivity contribution in [3.63, 3.8) is 0 Å². The molecule has 1 aliphatic rings. The Bertz CT molecular complexity index is 693. The van der Waals surface area contributed by atoms with Gasteiger partial charge in [-0.2, -0.15) is 0 Å². The second-order valence-electron chi connectivity index (χ2n) is 6.51. The van der Waals surface area contributed by atoms with Crippen molar-refractivity contribution in [2.45, 2.75) is 19.8 Å². The molecular formula is C20H23ClN2O2. The molecule has 1 heterocycles. The van der Waals surface area contributed by atoms with E-state index in [1.54, 1.807) is 24.3 Å². The van der Waals surface area contributed by atoms with Crippen LogP contribution in [0.1, 0.15) is 19.8 Å². The monoisotopic (exact) mass is 358 g/mol. The van der Waals surface area contributed by atoms with Crippen LogP contribution in [0.4, 0.5) is 11.4 Å². The number of piperidine rings is 1. The minimum atomic E-state index is -0.186. The molecule has 0 spiro atoms. The van der Waals surface area contributed by atoms with E-state index in [1.165, 1.54) is 18.5 Å². The van der Waals surface area contributed by atoms with Gasteiger partial charge in [0.15, 0.2) is 6.61 Å². The fraction of sp³-hybridized carbons (Fsp3) is 0.350. The lowest BCUT2D eigenvalue weighted by Gasteiger charge is -2.32. The standard InChI is InChI=1S/C20H23ClN2O2/c1-15-10-12-23(13-11-15)18-6-4-17(5-7-18)22-20(24)14-25-19-8-2-16(21)3-9-19/h2-9,15H,10-14H2,1H3,(H,22,24). The molecule has 1 N–H and O–H groups in total. The highest BCUT2D eigenvalue weighted by Gasteiger charge is 2.15. The maximum absolute atomic E-state index is 12.0. The average Bonchev–Trinajstić information content (AvgIpc) is 2.63. The molecule has 5 heteroatoms. The number of amides is 1. The molecule has 1 aliphatic heterocycles. The Hall–Kier alpha value is -2.20. The quantitative estimate of drug-likeness (QED) is 0.849. The summed E-state index contributed by atoms with van der Waals surface area (Å²) in [7, 11) is 0. The van der Waals surface area contributed by atoms with Crippen LogP contribution < -0.4 is 15.0 Å². The van der Waals surface area contributed by atoms with E-state index in [0.717, 1.165) is 24.7 Å². The molecule has 0 bridgehead atoms. The maximum atomic E-state index is 12.0. The van der Waals surface area contributed by atoms with Gasteiger partial charge in [0.2, 0.25) is 0 Å². The van der Waals surface area contributed by atoms with Crippen LogP contribution in [0.25, 0.3) is 0 Å². The third-order valence-electron chi connectivity index (χ3n) is 4.48. The fourth-order valence-corrected chi connectivity index (χ4v) is 3.03. The highest BCUT2D eigenvalue weighted by molar-refractivity contribution is 6.30. The normalized spacial score (nSPS) is 15.0. The molecule has 1 amide bonds. The zero-order valence-electron chi connectivity index (χ0n) is 14.4. The number of carbonyl (C=O) groups is 1. The summed E-state index contributed by atoms with van der Waals surface area (Å²) in [6.07, 6.45) is 2.47. The predicted molar refractivity (Wildman–Crippen MR) is 103 cm³/mol. The van der Waals surface area contributed by atoms with Gasteiger partial charge in [-0.05, 0) is 67.3 Å². The van der Waals surface area contributed by atoms with Crippen molar-refractivity contribution in [3.05, 3.63) is 53.6 Å². The minimum Gasteiger partial charge on any atom is -0.484 e. The highest BCUT2D eigenvalue weighted by Crippen LogP contribution is 2.24. The lowest BCUT2D eigenvalue weighted by atomic mass is 9.99. The van der Waals surface area contributed by atoms with E-state index in [9.17, 15) is 4.79 Å². The van der Waals surface area contributed by atoms with E-state index in [0.29, 0.717) is 10.8 Å². The number of rotatable bonds is 5. The third kappa shape index (κ3) is 5.13. The first-order valence-corrected chi connectivity index (χ1v) is 9.01. The summed E-state index contributed by atoms with van der Waals surface area (Å²) in [6, 6.07) is 14.9. The van der Waals surface area contributed by atoms with Gasteiger partial charge in [-0.15, -0.1) is 0 Å². The molecule has 132 valence electrons. The highest BCUT2D eigenvalue weighted by atomic mass is 35.5. The summed E-state index contributed by atoms with van der Waals surface area (Å²) in [5.74, 6) is 1.25. The molecule has 0 aromatic heterocycles. The summed E-state index contributed by atoms with van der Waals surface area (Å²) in [5, 5.41) is 3.49. The van der Waals surface area contributed by atoms with Crippen molar-refractivity contribution < 1.29 is 9.53 Å². The SMILES string of the molecule is CC1CCN(c2ccc(NC(=O)COc3ccc(Cl)cc3)cc2)CC1. The number of hydrogen-bond donors (Lipinski definition) is 1. The number of halogens is 1. The van der Waals surface area contributed by atoms with Crippen molar-refractivity contribution >= 4 is 28.9 Å². The zero-order chi connectivity index (χ0) is 17.6. The van der Waals surface area contributed by atoms with Crippen LogP contribution >= 0.6 is 11.6 Å². The zero-order valence-corrected chi connectivity index (χ0v) is 15.1. The lowest BCUT2D eigenvalue weighted by Crippen LogP contribution is -2.32. The van der Waals surface area contributed by atoms with Crippen molar-refractivity contribution in [1.29, 1.82) is 0 Å². The van der Waals surface area contributed by atoms with Gasteiger partial charge in [-0.1, -0.05) is 18.5 Å². The summed E-state index contributed by atoms with van der Waals surface area (Å²) < 4.78 is 5.45. The van der Waals surface area contributed by atoms with Gasteiger partial charge in [0.05, 0.1) is 0 Å². The number of ether oxygens (including phenoxy) is 1. The first-order chi connectivity index (χ1) is 12.1. The number of benzene rings is 2. The fourth-order valence-electron chi connectivity index (χ4n) is 2.90. The van der Waals surface area contributed by atoms with E-state index in [-0.39, 0.29) is 12.5 Å². The smallest absolute Gasteiger partial charge is 0.262 e. The van der Waals surface area contributed by atoms with Crippen molar-refractivity contribution in [2.75, 3.05) is 29.9 Å². The molecule has 25 heavy (non-hydrogen) atoms. The molecule has 4 nitrogen and oxygen atoms in total. The summed E-state index contributed by atoms with van der Waals surface area (Å²) in [4.78, 5) is 14.4. The number of nitrogens with zero attached hydrogens (tertiary/aromatic N) is 1. The summed E-state index contributed by atoms with van der Waals surface area (Å²) in [5.41, 5.74) is 1.99. The Labute approximate surface area is 153 Å². The minimum absolute atomic E-state index is 0.0343. The van der Waals surface area contributed by atoms with E-state index in [2.05, 4.69) is 29.3 Å². The Morgan fingerprint density at radius 3 is 2.40 bits per heavy atom. The third-order valence-corrected chi connectivity index (χ3v) is 4.74. The maximum Gasteiger partial charge on any atom is 0.262 e. The molecule has 2 aromatic rings. The number of carbonyl (C=O) groups excluding carboxylic acids is 1. The van der Waals surface area contributed by atoms with Crippen LogP contribution in [-0.2, 0) is 4.79 Å². The van der Waals surface area contributed by atoms with Gasteiger partial charge < -0.3 is 15.0 Å². The van der Waals surface area contributed by atoms with Gasteiger partial charge in [0, 0.05) is 29.5 Å². The van der Waals surface area contributed by atoms with Gasteiger partial charge in [-0.3, -0.25) is 4.79 Å². The molecule has 1 fully saturated rings. The largest absolute Gasteiger partial charge is 0.484 e. The first-order valence-electron chi connectivity index (χ1n) is 8.63. The molecular weight excluding hydrogens is 336 g/mol. The van der Waals surface area contributed by atoms with Gasteiger partial charge in [0.1, 0.15) is 5.75 Å². The molecule has 0 saturated carbocycles. The molecule has 0 radical (unpaired) electrons. The molecule has 3 rings (SSSR count). The van der Waals surface area contributed by atoms with E-state index >= 15 is 0 Å². The van der Waals surface area contributed by atoms with E-state index in [4.69, 9.17) is 16.3 Å². The molecule has 1 saturated heterocycles. The Balaban J connectivity index is 1.49. The van der Waals surface area contributed by atoms with E-state index in [1.807, 2.05) is 12.1 Å². The van der Waals surface area contributed by atoms with Gasteiger partial charge >= 0.3 is 0 Å². The lowest BCUT2D eigenvalue weighted by molar-refractivity contribution is -0.118. The summed E-state index contributed by atoms with van der Waals surface area (Å²) in [6.45, 7) is 4.47. The second kappa shape index (κ2) is 8.26. The molecule has 0 aliphatic carbocycles. The van der Waals surface area contributed by atoms with Crippen LogP contribution in [0.3, 0.4) is 0 Å². The topological polar surface area (TPSA) is 41.6 Å². The van der Waals surface area contributed by atoms with Gasteiger partial charge in [-0.25, -0.2) is 0 Å². The van der Waals surface area contributed by atoms with Crippen molar-refractivity contribution in [2.24, 2.45) is 5.92 Å². The van der Waals surface area contributed by atoms with Crippen LogP contribution in [0.2, 0.25) is 5.02 Å².